The summed E-state index contributed by atoms with van der Waals surface area (Å²) in [6, 6.07) is 5.83. The van der Waals surface area contributed by atoms with Crippen LogP contribution < -0.4 is 20.1 Å². The van der Waals surface area contributed by atoms with Crippen LogP contribution in [0.3, 0.4) is 0 Å². The van der Waals surface area contributed by atoms with Gasteiger partial charge in [-0.2, -0.15) is 0 Å². The second-order valence-electron chi connectivity index (χ2n) is 5.44. The Morgan fingerprint density at radius 1 is 1.28 bits per heavy atom. The van der Waals surface area contributed by atoms with Gasteiger partial charge in [-0.3, -0.25) is 4.99 Å². The molecule has 136 valence electrons. The third-order valence-corrected chi connectivity index (χ3v) is 4.40. The van der Waals surface area contributed by atoms with Gasteiger partial charge in [-0.1, -0.05) is 0 Å². The van der Waals surface area contributed by atoms with Gasteiger partial charge in [-0.15, -0.1) is 35.3 Å². The lowest BCUT2D eigenvalue weighted by atomic mass is 10.2. The first-order valence-electron chi connectivity index (χ1n) is 8.03. The lowest BCUT2D eigenvalue weighted by Gasteiger charge is -2.13. The van der Waals surface area contributed by atoms with E-state index in [0.717, 1.165) is 53.2 Å². The number of benzene rings is 1. The molecule has 25 heavy (non-hydrogen) atoms. The van der Waals surface area contributed by atoms with Gasteiger partial charge in [0.2, 0.25) is 0 Å². The zero-order chi connectivity index (χ0) is 16.8. The summed E-state index contributed by atoms with van der Waals surface area (Å²) in [4.78, 5) is 8.72. The van der Waals surface area contributed by atoms with E-state index in [4.69, 9.17) is 9.47 Å². The molecule has 2 N–H and O–H groups in total. The minimum Gasteiger partial charge on any atom is -0.490 e. The minimum atomic E-state index is 0. The van der Waals surface area contributed by atoms with Crippen molar-refractivity contribution in [1.29, 1.82) is 0 Å². The van der Waals surface area contributed by atoms with Crippen molar-refractivity contribution in [2.24, 2.45) is 4.99 Å². The monoisotopic (exact) mass is 474 g/mol. The molecule has 6 nitrogen and oxygen atoms in total. The van der Waals surface area contributed by atoms with E-state index in [1.54, 1.807) is 18.4 Å². The molecule has 0 amide bonds. The normalized spacial score (nSPS) is 13.6. The number of halogens is 1. The summed E-state index contributed by atoms with van der Waals surface area (Å²) < 4.78 is 11.4. The number of anilines is 1. The highest BCUT2D eigenvalue weighted by Crippen LogP contribution is 2.32. The molecule has 0 spiro atoms. The highest BCUT2D eigenvalue weighted by atomic mass is 127. The quantitative estimate of drug-likeness (QED) is 0.404. The zero-order valence-electron chi connectivity index (χ0n) is 14.4. The van der Waals surface area contributed by atoms with Crippen molar-refractivity contribution in [3.05, 3.63) is 34.3 Å². The molecule has 0 radical (unpaired) electrons. The number of rotatable bonds is 4. The van der Waals surface area contributed by atoms with Crippen LogP contribution in [0.25, 0.3) is 0 Å². The van der Waals surface area contributed by atoms with Crippen molar-refractivity contribution in [2.75, 3.05) is 32.1 Å². The molecule has 1 aromatic carbocycles. The molecule has 0 atom stereocenters. The van der Waals surface area contributed by atoms with Gasteiger partial charge in [0.05, 0.1) is 23.9 Å². The van der Waals surface area contributed by atoms with E-state index in [0.29, 0.717) is 13.2 Å². The third-order valence-electron chi connectivity index (χ3n) is 3.57. The van der Waals surface area contributed by atoms with Gasteiger partial charge in [0.25, 0.3) is 0 Å². The van der Waals surface area contributed by atoms with Crippen LogP contribution in [0.5, 0.6) is 11.5 Å². The maximum atomic E-state index is 5.71. The van der Waals surface area contributed by atoms with Crippen molar-refractivity contribution in [3.63, 3.8) is 0 Å². The Morgan fingerprint density at radius 3 is 2.80 bits per heavy atom. The van der Waals surface area contributed by atoms with E-state index < -0.39 is 0 Å². The fourth-order valence-corrected chi connectivity index (χ4v) is 3.04. The summed E-state index contributed by atoms with van der Waals surface area (Å²) in [7, 11) is 1.76. The summed E-state index contributed by atoms with van der Waals surface area (Å²) >= 11 is 1.68. The molecule has 0 saturated heterocycles. The van der Waals surface area contributed by atoms with Crippen LogP contribution in [0.1, 0.15) is 17.1 Å². The van der Waals surface area contributed by atoms with Crippen molar-refractivity contribution >= 4 is 47.0 Å². The van der Waals surface area contributed by atoms with Gasteiger partial charge in [0.1, 0.15) is 0 Å². The number of ether oxygens (including phenoxy) is 2. The van der Waals surface area contributed by atoms with Gasteiger partial charge >= 0.3 is 0 Å². The molecule has 2 aromatic rings. The first-order valence-corrected chi connectivity index (χ1v) is 8.91. The number of hydrogen-bond donors (Lipinski definition) is 2. The number of aryl methyl sites for hydroxylation is 1. The largest absolute Gasteiger partial charge is 0.490 e. The molecule has 1 aromatic heterocycles. The Hall–Kier alpha value is -1.55. The maximum absolute atomic E-state index is 5.71. The Balaban J connectivity index is 0.00000225. The smallest absolute Gasteiger partial charge is 0.195 e. The number of thiazole rings is 1. The second kappa shape index (κ2) is 9.81. The SMILES string of the molecule is CN=C(NCCc1csc(C)n1)Nc1ccc2c(c1)OCCCO2.I. The molecule has 0 bridgehead atoms. The van der Waals surface area contributed by atoms with Crippen LogP contribution in [0.4, 0.5) is 5.69 Å². The van der Waals surface area contributed by atoms with Crippen LogP contribution in [-0.4, -0.2) is 37.7 Å². The first kappa shape index (κ1) is 19.8. The van der Waals surface area contributed by atoms with Crippen molar-refractivity contribution in [3.8, 4) is 11.5 Å². The summed E-state index contributed by atoms with van der Waals surface area (Å²) in [5.74, 6) is 2.28. The predicted molar refractivity (Wildman–Crippen MR) is 113 cm³/mol. The average Bonchev–Trinajstić information content (AvgIpc) is 2.86. The average molecular weight is 474 g/mol. The van der Waals surface area contributed by atoms with E-state index in [-0.39, 0.29) is 24.0 Å². The lowest BCUT2D eigenvalue weighted by Crippen LogP contribution is -2.32. The van der Waals surface area contributed by atoms with Crippen LogP contribution in [0, 0.1) is 6.92 Å². The Morgan fingerprint density at radius 2 is 2.08 bits per heavy atom. The van der Waals surface area contributed by atoms with E-state index in [1.807, 2.05) is 25.1 Å². The first-order chi connectivity index (χ1) is 11.7. The van der Waals surface area contributed by atoms with Gasteiger partial charge in [0.15, 0.2) is 17.5 Å². The summed E-state index contributed by atoms with van der Waals surface area (Å²) in [5.41, 5.74) is 2.02. The van der Waals surface area contributed by atoms with Gasteiger partial charge in [-0.05, 0) is 19.1 Å². The maximum Gasteiger partial charge on any atom is 0.195 e. The van der Waals surface area contributed by atoms with Gasteiger partial charge in [-0.25, -0.2) is 4.98 Å². The van der Waals surface area contributed by atoms with E-state index in [9.17, 15) is 0 Å². The highest BCUT2D eigenvalue weighted by molar-refractivity contribution is 14.0. The molecular weight excluding hydrogens is 451 g/mol. The van der Waals surface area contributed by atoms with Gasteiger partial charge < -0.3 is 20.1 Å². The van der Waals surface area contributed by atoms with Crippen LogP contribution in [-0.2, 0) is 6.42 Å². The molecule has 0 fully saturated rings. The second-order valence-corrected chi connectivity index (χ2v) is 6.51. The predicted octanol–water partition coefficient (Wildman–Crippen LogP) is 3.46. The Bertz CT molecular complexity index is 720. The van der Waals surface area contributed by atoms with Crippen LogP contribution in [0.15, 0.2) is 28.6 Å². The fourth-order valence-electron chi connectivity index (χ4n) is 2.39. The summed E-state index contributed by atoms with van der Waals surface area (Å²) in [5, 5.41) is 9.77. The van der Waals surface area contributed by atoms with Crippen molar-refractivity contribution in [2.45, 2.75) is 19.8 Å². The number of nitrogens with one attached hydrogen (secondary N) is 2. The molecular formula is C17H23IN4O2S. The number of guanidine groups is 1. The van der Waals surface area contributed by atoms with Crippen LogP contribution >= 0.6 is 35.3 Å². The molecule has 2 heterocycles. The zero-order valence-corrected chi connectivity index (χ0v) is 17.5. The number of aliphatic imine (C=N–C) groups is 1. The standard InChI is InChI=1S/C17H22N4O2S.HI/c1-12-20-14(11-24-12)6-7-19-17(18-2)21-13-4-5-15-16(10-13)23-9-3-8-22-15;/h4-5,10-11H,3,6-9H2,1-2H3,(H2,18,19,21);1H. The third kappa shape index (κ3) is 5.74. The Labute approximate surface area is 169 Å². The van der Waals surface area contributed by atoms with E-state index in [1.165, 1.54) is 0 Å². The van der Waals surface area contributed by atoms with E-state index >= 15 is 0 Å². The molecule has 8 heteroatoms. The molecule has 0 saturated carbocycles. The Kier molecular flexibility index (Phi) is 7.76. The molecule has 1 aliphatic heterocycles. The minimum absolute atomic E-state index is 0. The summed E-state index contributed by atoms with van der Waals surface area (Å²) in [6.45, 7) is 4.16. The van der Waals surface area contributed by atoms with Crippen molar-refractivity contribution < 1.29 is 9.47 Å². The molecule has 0 aliphatic carbocycles. The molecule has 1 aliphatic rings. The number of aromatic nitrogens is 1. The van der Waals surface area contributed by atoms with Gasteiger partial charge in [0, 0.05) is 43.6 Å². The van der Waals surface area contributed by atoms with Crippen molar-refractivity contribution in [1.82, 2.24) is 10.3 Å². The summed E-state index contributed by atoms with van der Waals surface area (Å²) in [6.07, 6.45) is 1.77. The molecule has 0 unspecified atom stereocenters. The number of fused-ring (bicyclic) bond motifs is 1. The highest BCUT2D eigenvalue weighted by Gasteiger charge is 2.11. The topological polar surface area (TPSA) is 67.8 Å². The fraction of sp³-hybridized carbons (Fsp3) is 0.412. The van der Waals surface area contributed by atoms with E-state index in [2.05, 4.69) is 26.0 Å². The number of nitrogens with zero attached hydrogens (tertiary/aromatic N) is 2. The van der Waals surface area contributed by atoms with Crippen LogP contribution in [0.2, 0.25) is 0 Å². The number of hydrogen-bond acceptors (Lipinski definition) is 5. The molecule has 3 rings (SSSR count). The lowest BCUT2D eigenvalue weighted by molar-refractivity contribution is 0.297.